The average Bonchev–Trinajstić information content (AvgIpc) is 3.01. The highest BCUT2D eigenvalue weighted by Gasteiger charge is 2.18. The lowest BCUT2D eigenvalue weighted by atomic mass is 10.1. The van der Waals surface area contributed by atoms with Gasteiger partial charge in [0.25, 0.3) is 0 Å². The lowest BCUT2D eigenvalue weighted by Crippen LogP contribution is -2.15. The second kappa shape index (κ2) is 7.04. The molecule has 0 bridgehead atoms. The standard InChI is InChI=1S/C23H21NO2/c1-16-6-9-20(10-7-16)26-13-12-23(25)24-19-8-11-22-18(15-19)14-17-4-2-3-5-21(17)22/h2-11,15H,12-14H2,1H3,(H,24,25). The molecular formula is C23H21NO2. The number of amides is 1. The highest BCUT2D eigenvalue weighted by Crippen LogP contribution is 2.37. The van der Waals surface area contributed by atoms with Gasteiger partial charge in [-0.1, -0.05) is 48.0 Å². The van der Waals surface area contributed by atoms with E-state index >= 15 is 0 Å². The van der Waals surface area contributed by atoms with E-state index in [1.165, 1.54) is 27.8 Å². The molecule has 0 unspecified atom stereocenters. The first-order chi connectivity index (χ1) is 12.7. The summed E-state index contributed by atoms with van der Waals surface area (Å²) in [7, 11) is 0. The third-order valence-electron chi connectivity index (χ3n) is 4.70. The first kappa shape index (κ1) is 16.4. The molecule has 0 fully saturated rings. The lowest BCUT2D eigenvalue weighted by molar-refractivity contribution is -0.116. The van der Waals surface area contributed by atoms with E-state index in [0.717, 1.165) is 17.9 Å². The fourth-order valence-corrected chi connectivity index (χ4v) is 3.34. The summed E-state index contributed by atoms with van der Waals surface area (Å²) in [6.45, 7) is 2.40. The highest BCUT2D eigenvalue weighted by atomic mass is 16.5. The summed E-state index contributed by atoms with van der Waals surface area (Å²) in [5, 5.41) is 2.97. The van der Waals surface area contributed by atoms with Crippen molar-refractivity contribution in [1.82, 2.24) is 0 Å². The van der Waals surface area contributed by atoms with Gasteiger partial charge < -0.3 is 10.1 Å². The molecule has 0 aliphatic heterocycles. The first-order valence-corrected chi connectivity index (χ1v) is 8.89. The van der Waals surface area contributed by atoms with Crippen LogP contribution < -0.4 is 10.1 Å². The molecule has 0 saturated carbocycles. The van der Waals surface area contributed by atoms with E-state index in [9.17, 15) is 4.79 Å². The number of benzene rings is 3. The normalized spacial score (nSPS) is 11.6. The largest absolute Gasteiger partial charge is 0.493 e. The Hall–Kier alpha value is -3.07. The van der Waals surface area contributed by atoms with Crippen LogP contribution in [-0.2, 0) is 11.2 Å². The molecule has 0 heterocycles. The van der Waals surface area contributed by atoms with Crippen molar-refractivity contribution in [3.05, 3.63) is 83.4 Å². The van der Waals surface area contributed by atoms with E-state index in [1.807, 2.05) is 37.3 Å². The number of fused-ring (bicyclic) bond motifs is 3. The van der Waals surface area contributed by atoms with E-state index in [4.69, 9.17) is 4.74 Å². The van der Waals surface area contributed by atoms with Gasteiger partial charge in [0, 0.05) is 5.69 Å². The minimum atomic E-state index is -0.0347. The third-order valence-corrected chi connectivity index (χ3v) is 4.70. The molecular weight excluding hydrogens is 322 g/mol. The van der Waals surface area contributed by atoms with Crippen LogP contribution >= 0.6 is 0 Å². The van der Waals surface area contributed by atoms with Crippen LogP contribution in [0.15, 0.2) is 66.7 Å². The Bertz CT molecular complexity index is 945. The van der Waals surface area contributed by atoms with E-state index in [0.29, 0.717) is 13.0 Å². The van der Waals surface area contributed by atoms with Gasteiger partial charge in [-0.3, -0.25) is 4.79 Å². The maximum absolute atomic E-state index is 12.2. The molecule has 0 spiro atoms. The molecule has 26 heavy (non-hydrogen) atoms. The number of ether oxygens (including phenoxy) is 1. The van der Waals surface area contributed by atoms with Crippen LogP contribution in [-0.4, -0.2) is 12.5 Å². The smallest absolute Gasteiger partial charge is 0.227 e. The summed E-state index contributed by atoms with van der Waals surface area (Å²) in [6, 6.07) is 22.4. The van der Waals surface area contributed by atoms with E-state index in [1.54, 1.807) is 0 Å². The zero-order valence-corrected chi connectivity index (χ0v) is 14.8. The van der Waals surface area contributed by atoms with Crippen molar-refractivity contribution in [2.24, 2.45) is 0 Å². The minimum Gasteiger partial charge on any atom is -0.493 e. The number of anilines is 1. The second-order valence-electron chi connectivity index (χ2n) is 6.67. The zero-order chi connectivity index (χ0) is 17.9. The van der Waals surface area contributed by atoms with Gasteiger partial charge in [0.15, 0.2) is 0 Å². The molecule has 1 aliphatic rings. The minimum absolute atomic E-state index is 0.0347. The molecule has 0 radical (unpaired) electrons. The van der Waals surface area contributed by atoms with Gasteiger partial charge in [0.05, 0.1) is 13.0 Å². The van der Waals surface area contributed by atoms with Crippen molar-refractivity contribution in [3.63, 3.8) is 0 Å². The van der Waals surface area contributed by atoms with Crippen molar-refractivity contribution in [2.45, 2.75) is 19.8 Å². The number of carbonyl (C=O) groups excluding carboxylic acids is 1. The summed E-state index contributed by atoms with van der Waals surface area (Å²) in [6.07, 6.45) is 1.25. The second-order valence-corrected chi connectivity index (χ2v) is 6.67. The van der Waals surface area contributed by atoms with Gasteiger partial charge in [-0.15, -0.1) is 0 Å². The predicted molar refractivity (Wildman–Crippen MR) is 105 cm³/mol. The van der Waals surface area contributed by atoms with Gasteiger partial charge in [-0.2, -0.15) is 0 Å². The van der Waals surface area contributed by atoms with Crippen molar-refractivity contribution < 1.29 is 9.53 Å². The fourth-order valence-electron chi connectivity index (χ4n) is 3.34. The van der Waals surface area contributed by atoms with E-state index in [-0.39, 0.29) is 5.91 Å². The van der Waals surface area contributed by atoms with Gasteiger partial charge in [0.1, 0.15) is 5.75 Å². The Morgan fingerprint density at radius 2 is 1.73 bits per heavy atom. The third kappa shape index (κ3) is 3.47. The molecule has 1 N–H and O–H groups in total. The average molecular weight is 343 g/mol. The van der Waals surface area contributed by atoms with Crippen molar-refractivity contribution in [3.8, 4) is 16.9 Å². The summed E-state index contributed by atoms with van der Waals surface area (Å²) in [5.74, 6) is 0.756. The van der Waals surface area contributed by atoms with Crippen LogP contribution in [0.4, 0.5) is 5.69 Å². The van der Waals surface area contributed by atoms with Gasteiger partial charge >= 0.3 is 0 Å². The summed E-state index contributed by atoms with van der Waals surface area (Å²) in [5.41, 5.74) is 7.20. The van der Waals surface area contributed by atoms with Crippen LogP contribution in [0.1, 0.15) is 23.1 Å². The number of nitrogens with one attached hydrogen (secondary N) is 1. The fraction of sp³-hybridized carbons (Fsp3) is 0.174. The molecule has 4 rings (SSSR count). The van der Waals surface area contributed by atoms with Crippen LogP contribution in [0.2, 0.25) is 0 Å². The molecule has 130 valence electrons. The summed E-state index contributed by atoms with van der Waals surface area (Å²) < 4.78 is 5.62. The topological polar surface area (TPSA) is 38.3 Å². The number of carbonyl (C=O) groups is 1. The van der Waals surface area contributed by atoms with Crippen LogP contribution in [0, 0.1) is 6.92 Å². The van der Waals surface area contributed by atoms with Gasteiger partial charge in [-0.25, -0.2) is 0 Å². The quantitative estimate of drug-likeness (QED) is 0.555. The monoisotopic (exact) mass is 343 g/mol. The summed E-state index contributed by atoms with van der Waals surface area (Å²) >= 11 is 0. The first-order valence-electron chi connectivity index (χ1n) is 8.89. The number of rotatable bonds is 5. The molecule has 3 aromatic rings. The Labute approximate surface area is 153 Å². The predicted octanol–water partition coefficient (Wildman–Crippen LogP) is 4.97. The molecule has 3 heteroatoms. The van der Waals surface area contributed by atoms with Crippen molar-refractivity contribution in [2.75, 3.05) is 11.9 Å². The maximum atomic E-state index is 12.2. The maximum Gasteiger partial charge on any atom is 0.227 e. The van der Waals surface area contributed by atoms with Crippen LogP contribution in [0.3, 0.4) is 0 Å². The molecule has 1 aliphatic carbocycles. The molecule has 0 atom stereocenters. The Kier molecular flexibility index (Phi) is 4.44. The zero-order valence-electron chi connectivity index (χ0n) is 14.8. The van der Waals surface area contributed by atoms with Crippen LogP contribution in [0.25, 0.3) is 11.1 Å². The van der Waals surface area contributed by atoms with Crippen molar-refractivity contribution >= 4 is 11.6 Å². The van der Waals surface area contributed by atoms with Crippen LogP contribution in [0.5, 0.6) is 5.75 Å². The number of hydrogen-bond donors (Lipinski definition) is 1. The Morgan fingerprint density at radius 3 is 2.58 bits per heavy atom. The Morgan fingerprint density at radius 1 is 0.962 bits per heavy atom. The molecule has 0 aromatic heterocycles. The molecule has 1 amide bonds. The molecule has 0 saturated heterocycles. The SMILES string of the molecule is Cc1ccc(OCCC(=O)Nc2ccc3c(c2)Cc2ccccc2-3)cc1. The van der Waals surface area contributed by atoms with Gasteiger partial charge in [0.2, 0.25) is 5.91 Å². The lowest BCUT2D eigenvalue weighted by Gasteiger charge is -2.09. The van der Waals surface area contributed by atoms with E-state index < -0.39 is 0 Å². The number of hydrogen-bond acceptors (Lipinski definition) is 2. The molecule has 3 aromatic carbocycles. The van der Waals surface area contributed by atoms with Crippen molar-refractivity contribution in [1.29, 1.82) is 0 Å². The van der Waals surface area contributed by atoms with E-state index in [2.05, 4.69) is 41.7 Å². The number of aryl methyl sites for hydroxylation is 1. The highest BCUT2D eigenvalue weighted by molar-refractivity contribution is 5.91. The Balaban J connectivity index is 1.34. The summed E-state index contributed by atoms with van der Waals surface area (Å²) in [4.78, 5) is 12.2. The van der Waals surface area contributed by atoms with Gasteiger partial charge in [-0.05, 0) is 59.9 Å². The molecule has 3 nitrogen and oxygen atoms in total.